The number of H-pyrrole nitrogens is 1. The third kappa shape index (κ3) is 3.68. The molecule has 4 rings (SSSR count). The van der Waals surface area contributed by atoms with Gasteiger partial charge in [-0.2, -0.15) is 5.10 Å². The normalized spacial score (nSPS) is 21.4. The van der Waals surface area contributed by atoms with Crippen molar-refractivity contribution in [1.29, 1.82) is 0 Å². The quantitative estimate of drug-likeness (QED) is 0.665. The molecule has 146 valence electrons. The first-order valence-corrected chi connectivity index (χ1v) is 9.12. The second-order valence-electron chi connectivity index (χ2n) is 7.27. The first-order valence-electron chi connectivity index (χ1n) is 13.1. The van der Waals surface area contributed by atoms with Crippen molar-refractivity contribution in [2.75, 3.05) is 20.1 Å². The highest BCUT2D eigenvalue weighted by atomic mass is 16.3. The van der Waals surface area contributed by atoms with Gasteiger partial charge < -0.3 is 14.6 Å². The van der Waals surface area contributed by atoms with Crippen molar-refractivity contribution in [1.82, 2.24) is 24.6 Å². The molecular weight excluding hydrogens is 350 g/mol. The number of hydrogen-bond acceptors (Lipinski definition) is 4. The Morgan fingerprint density at radius 1 is 1.39 bits per heavy atom. The van der Waals surface area contributed by atoms with Crippen LogP contribution in [0.1, 0.15) is 54.9 Å². The molecule has 4 heterocycles. The highest BCUT2D eigenvalue weighted by Crippen LogP contribution is 2.36. The fraction of sp³-hybridized carbons (Fsp3) is 0.455. The van der Waals surface area contributed by atoms with Gasteiger partial charge in [0.2, 0.25) is 0 Å². The summed E-state index contributed by atoms with van der Waals surface area (Å²) in [6.07, 6.45) is 3.57. The predicted molar refractivity (Wildman–Crippen MR) is 111 cm³/mol. The van der Waals surface area contributed by atoms with Crippen LogP contribution in [-0.4, -0.2) is 55.5 Å². The second kappa shape index (κ2) is 7.08. The number of hydrogen-bond donors (Lipinski definition) is 2. The standard InChI is InChI=1S/C22H27N5O/c1-15-21-19(11-17(25-15)5-8-22(2,3)28)20(16-12-23-24-13-16)14-27(21)18-6-9-26(4)10-7-18/h11-14,18,28H,6-7,9-10H2,1-4H3,(H,23,24)/i2D3,3D3,12D,13D. The highest BCUT2D eigenvalue weighted by molar-refractivity contribution is 5.97. The molecule has 0 amide bonds. The van der Waals surface area contributed by atoms with E-state index in [0.29, 0.717) is 22.2 Å². The lowest BCUT2D eigenvalue weighted by molar-refractivity contribution is 0.143. The van der Waals surface area contributed by atoms with Crippen molar-refractivity contribution in [3.8, 4) is 23.0 Å². The molecule has 0 spiro atoms. The minimum Gasteiger partial charge on any atom is -0.378 e. The van der Waals surface area contributed by atoms with Crippen molar-refractivity contribution < 1.29 is 16.1 Å². The van der Waals surface area contributed by atoms with Gasteiger partial charge in [0.1, 0.15) is 11.3 Å². The Labute approximate surface area is 176 Å². The number of aliphatic hydroxyl groups is 1. The zero-order chi connectivity index (χ0) is 26.6. The molecular formula is C22H27N5O. The third-order valence-corrected chi connectivity index (χ3v) is 5.11. The lowest BCUT2D eigenvalue weighted by Gasteiger charge is -2.30. The third-order valence-electron chi connectivity index (χ3n) is 5.11. The number of nitrogens with one attached hydrogen (secondary N) is 1. The summed E-state index contributed by atoms with van der Waals surface area (Å²) in [5.41, 5.74) is -0.945. The molecule has 0 atom stereocenters. The predicted octanol–water partition coefficient (Wildman–Crippen LogP) is 3.12. The van der Waals surface area contributed by atoms with Crippen LogP contribution in [0.15, 0.2) is 24.6 Å². The Hall–Kier alpha value is -2.62. The Kier molecular flexibility index (Phi) is 2.88. The summed E-state index contributed by atoms with van der Waals surface area (Å²) in [6.45, 7) is -2.95. The lowest BCUT2D eigenvalue weighted by atomic mass is 10.0. The van der Waals surface area contributed by atoms with E-state index < -0.39 is 19.3 Å². The second-order valence-corrected chi connectivity index (χ2v) is 7.27. The number of aromatic nitrogens is 4. The monoisotopic (exact) mass is 385 g/mol. The van der Waals surface area contributed by atoms with Crippen LogP contribution in [0.3, 0.4) is 0 Å². The average molecular weight is 386 g/mol. The van der Waals surface area contributed by atoms with Gasteiger partial charge >= 0.3 is 0 Å². The van der Waals surface area contributed by atoms with Crippen LogP contribution in [-0.2, 0) is 0 Å². The highest BCUT2D eigenvalue weighted by Gasteiger charge is 2.23. The van der Waals surface area contributed by atoms with Gasteiger partial charge in [0.25, 0.3) is 0 Å². The van der Waals surface area contributed by atoms with Gasteiger partial charge in [0, 0.05) is 43.1 Å². The molecule has 6 nitrogen and oxygen atoms in total. The summed E-state index contributed by atoms with van der Waals surface area (Å²) >= 11 is 0. The molecule has 28 heavy (non-hydrogen) atoms. The summed E-state index contributed by atoms with van der Waals surface area (Å²) in [5.74, 6) is 4.51. The van der Waals surface area contributed by atoms with Crippen LogP contribution in [0.25, 0.3) is 22.0 Å². The van der Waals surface area contributed by atoms with E-state index in [2.05, 4.69) is 37.6 Å². The minimum absolute atomic E-state index is 0.0243. The number of rotatable bonds is 2. The summed E-state index contributed by atoms with van der Waals surface area (Å²) in [5, 5.41) is 17.5. The van der Waals surface area contributed by atoms with Gasteiger partial charge in [-0.3, -0.25) is 5.10 Å². The Balaban J connectivity index is 1.93. The minimum atomic E-state index is -3.27. The SMILES string of the molecule is [2H]c1n[nH]c([2H])c1-c1cn(C2CCN(C)CC2)c2c(C)nc(C#CC(O)(C([2H])([2H])[2H])C([2H])([2H])[2H])cc12. The van der Waals surface area contributed by atoms with E-state index >= 15 is 0 Å². The molecule has 3 aromatic rings. The molecule has 0 radical (unpaired) electrons. The topological polar surface area (TPSA) is 70.0 Å². The van der Waals surface area contributed by atoms with Crippen molar-refractivity contribution in [3.63, 3.8) is 0 Å². The maximum Gasteiger partial charge on any atom is 0.120 e. The number of fused-ring (bicyclic) bond motifs is 1. The molecule has 0 unspecified atom stereocenters. The van der Waals surface area contributed by atoms with Crippen molar-refractivity contribution >= 4 is 10.9 Å². The first kappa shape index (κ1) is 11.4. The van der Waals surface area contributed by atoms with Crippen molar-refractivity contribution in [3.05, 3.63) is 36.0 Å². The molecule has 1 fully saturated rings. The molecule has 0 aromatic carbocycles. The van der Waals surface area contributed by atoms with Crippen LogP contribution in [0.4, 0.5) is 0 Å². The van der Waals surface area contributed by atoms with Gasteiger partial charge in [-0.05, 0) is 65.6 Å². The largest absolute Gasteiger partial charge is 0.378 e. The average Bonchev–Trinajstić information content (AvgIpc) is 3.30. The molecule has 0 aliphatic carbocycles. The van der Waals surface area contributed by atoms with Gasteiger partial charge in [-0.25, -0.2) is 4.98 Å². The van der Waals surface area contributed by atoms with E-state index in [4.69, 9.17) is 11.0 Å². The van der Waals surface area contributed by atoms with E-state index in [-0.39, 0.29) is 24.1 Å². The van der Waals surface area contributed by atoms with Crippen LogP contribution in [0.2, 0.25) is 0 Å². The molecule has 0 bridgehead atoms. The number of nitrogens with zero attached hydrogens (tertiary/aromatic N) is 4. The van der Waals surface area contributed by atoms with E-state index in [0.717, 1.165) is 31.4 Å². The Morgan fingerprint density at radius 3 is 2.86 bits per heavy atom. The first-order chi connectivity index (χ1) is 16.6. The molecule has 1 aliphatic rings. The zero-order valence-corrected chi connectivity index (χ0v) is 15.8. The summed E-state index contributed by atoms with van der Waals surface area (Å²) in [7, 11) is 2.07. The van der Waals surface area contributed by atoms with Crippen molar-refractivity contribution in [2.45, 2.75) is 45.1 Å². The maximum atomic E-state index is 10.5. The van der Waals surface area contributed by atoms with Gasteiger partial charge in [0.15, 0.2) is 0 Å². The van der Waals surface area contributed by atoms with E-state index in [1.807, 2.05) is 12.1 Å². The molecule has 2 N–H and O–H groups in total. The molecule has 3 aromatic heterocycles. The smallest absolute Gasteiger partial charge is 0.120 e. The number of likely N-dealkylation sites (tertiary alicyclic amines) is 1. The number of piperidine rings is 1. The molecule has 1 aliphatic heterocycles. The van der Waals surface area contributed by atoms with Crippen molar-refractivity contribution in [2.24, 2.45) is 0 Å². The van der Waals surface area contributed by atoms with Crippen LogP contribution in [0.5, 0.6) is 0 Å². The maximum absolute atomic E-state index is 10.5. The number of aryl methyl sites for hydroxylation is 1. The fourth-order valence-corrected chi connectivity index (χ4v) is 3.77. The Morgan fingerprint density at radius 2 is 2.18 bits per heavy atom. The molecule has 0 saturated carbocycles. The number of aromatic amines is 1. The number of pyridine rings is 1. The van der Waals surface area contributed by atoms with Gasteiger partial charge in [-0.1, -0.05) is 5.92 Å². The van der Waals surface area contributed by atoms with Crippen LogP contribution >= 0.6 is 0 Å². The van der Waals surface area contributed by atoms with E-state index in [1.165, 1.54) is 0 Å². The summed E-state index contributed by atoms with van der Waals surface area (Å²) in [4.78, 5) is 6.73. The summed E-state index contributed by atoms with van der Waals surface area (Å²) in [6, 6.07) is 1.74. The van der Waals surface area contributed by atoms with Gasteiger partial charge in [0.05, 0.1) is 20.1 Å². The zero-order valence-electron chi connectivity index (χ0n) is 23.8. The molecule has 6 heteroatoms. The van der Waals surface area contributed by atoms with Crippen LogP contribution in [0, 0.1) is 18.8 Å². The van der Waals surface area contributed by atoms with Crippen LogP contribution < -0.4 is 0 Å². The van der Waals surface area contributed by atoms with E-state index in [9.17, 15) is 5.11 Å². The summed E-state index contributed by atoms with van der Waals surface area (Å²) < 4.78 is 63.7. The lowest BCUT2D eigenvalue weighted by Crippen LogP contribution is -2.31. The van der Waals surface area contributed by atoms with Gasteiger partial charge in [-0.15, -0.1) is 0 Å². The van der Waals surface area contributed by atoms with E-state index in [1.54, 1.807) is 13.0 Å². The fourth-order valence-electron chi connectivity index (χ4n) is 3.77. The Bertz CT molecular complexity index is 1320. The molecule has 1 saturated heterocycles.